The van der Waals surface area contributed by atoms with Crippen LogP contribution in [0.2, 0.25) is 0 Å². The Kier molecular flexibility index (Phi) is 4.81. The number of nitrogens with two attached hydrogens (primary N) is 1. The van der Waals surface area contributed by atoms with Crippen molar-refractivity contribution in [1.29, 1.82) is 0 Å². The number of primary sulfonamides is 1. The van der Waals surface area contributed by atoms with Crippen molar-refractivity contribution in [2.75, 3.05) is 10.6 Å². The van der Waals surface area contributed by atoms with E-state index in [4.69, 9.17) is 5.14 Å². The molecule has 0 saturated carbocycles. The van der Waals surface area contributed by atoms with Gasteiger partial charge in [-0.3, -0.25) is 10.1 Å². The van der Waals surface area contributed by atoms with Gasteiger partial charge in [0.2, 0.25) is 10.0 Å². The Morgan fingerprint density at radius 3 is 2.25 bits per heavy atom. The van der Waals surface area contributed by atoms with E-state index < -0.39 is 21.0 Å². The molecular formula is C14H14N4O5S. The van der Waals surface area contributed by atoms with Crippen LogP contribution < -0.4 is 15.8 Å². The summed E-state index contributed by atoms with van der Waals surface area (Å²) in [6, 6.07) is 8.79. The third-order valence-corrected chi connectivity index (χ3v) is 4.04. The molecule has 0 radical (unpaired) electrons. The Balaban J connectivity index is 2.07. The maximum atomic E-state index is 11.9. The van der Waals surface area contributed by atoms with Crippen LogP contribution in [-0.2, 0) is 10.0 Å². The van der Waals surface area contributed by atoms with Gasteiger partial charge >= 0.3 is 6.03 Å². The zero-order valence-corrected chi connectivity index (χ0v) is 13.3. The Hall–Kier alpha value is -2.98. The SMILES string of the molecule is Cc1cc([N+](=O)[O-])ccc1NC(=O)Nc1ccc(S(N)(=O)=O)cc1. The first-order valence-corrected chi connectivity index (χ1v) is 8.17. The van der Waals surface area contributed by atoms with Gasteiger partial charge in [0.25, 0.3) is 5.69 Å². The molecule has 24 heavy (non-hydrogen) atoms. The lowest BCUT2D eigenvalue weighted by atomic mass is 10.2. The number of anilines is 2. The summed E-state index contributed by atoms with van der Waals surface area (Å²) in [7, 11) is -3.80. The van der Waals surface area contributed by atoms with E-state index in [1.807, 2.05) is 0 Å². The van der Waals surface area contributed by atoms with Gasteiger partial charge in [-0.1, -0.05) is 0 Å². The van der Waals surface area contributed by atoms with E-state index in [0.29, 0.717) is 16.9 Å². The fourth-order valence-corrected chi connectivity index (χ4v) is 2.43. The minimum absolute atomic E-state index is 0.0697. The fourth-order valence-electron chi connectivity index (χ4n) is 1.91. The third-order valence-electron chi connectivity index (χ3n) is 3.11. The molecular weight excluding hydrogens is 336 g/mol. The summed E-state index contributed by atoms with van der Waals surface area (Å²) in [6.07, 6.45) is 0. The summed E-state index contributed by atoms with van der Waals surface area (Å²) in [4.78, 5) is 22.0. The zero-order valence-electron chi connectivity index (χ0n) is 12.5. The summed E-state index contributed by atoms with van der Waals surface area (Å²) in [5, 5.41) is 20.7. The van der Waals surface area contributed by atoms with Crippen LogP contribution in [-0.4, -0.2) is 19.4 Å². The summed E-state index contributed by atoms with van der Waals surface area (Å²) < 4.78 is 22.3. The molecule has 0 spiro atoms. The summed E-state index contributed by atoms with van der Waals surface area (Å²) in [5.41, 5.74) is 1.24. The van der Waals surface area contributed by atoms with E-state index in [2.05, 4.69) is 10.6 Å². The molecule has 0 atom stereocenters. The first-order chi connectivity index (χ1) is 11.2. The number of nitrogens with zero attached hydrogens (tertiary/aromatic N) is 1. The third kappa shape index (κ3) is 4.27. The Morgan fingerprint density at radius 2 is 1.75 bits per heavy atom. The van der Waals surface area contributed by atoms with E-state index in [9.17, 15) is 23.3 Å². The Morgan fingerprint density at radius 1 is 1.12 bits per heavy atom. The number of benzene rings is 2. The molecule has 9 nitrogen and oxygen atoms in total. The molecule has 0 saturated heterocycles. The maximum absolute atomic E-state index is 11.9. The van der Waals surface area contributed by atoms with Crippen molar-refractivity contribution in [2.24, 2.45) is 5.14 Å². The van der Waals surface area contributed by atoms with Crippen LogP contribution in [0.15, 0.2) is 47.4 Å². The van der Waals surface area contributed by atoms with E-state index in [0.717, 1.165) is 0 Å². The number of rotatable bonds is 4. The van der Waals surface area contributed by atoms with Crippen molar-refractivity contribution in [2.45, 2.75) is 11.8 Å². The number of nitro groups is 1. The fraction of sp³-hybridized carbons (Fsp3) is 0.0714. The minimum atomic E-state index is -3.80. The zero-order chi connectivity index (χ0) is 17.9. The second-order valence-corrected chi connectivity index (χ2v) is 6.47. The van der Waals surface area contributed by atoms with Crippen LogP contribution in [0, 0.1) is 17.0 Å². The largest absolute Gasteiger partial charge is 0.323 e. The summed E-state index contributed by atoms with van der Waals surface area (Å²) >= 11 is 0. The van der Waals surface area contributed by atoms with Gasteiger partial charge in [-0.15, -0.1) is 0 Å². The number of amides is 2. The number of carbonyl (C=O) groups is 1. The molecule has 0 aliphatic heterocycles. The molecule has 2 aromatic carbocycles. The lowest BCUT2D eigenvalue weighted by Crippen LogP contribution is -2.20. The number of urea groups is 1. The van der Waals surface area contributed by atoms with Gasteiger partial charge in [0.1, 0.15) is 0 Å². The van der Waals surface area contributed by atoms with Gasteiger partial charge in [0, 0.05) is 23.5 Å². The average molecular weight is 350 g/mol. The van der Waals surface area contributed by atoms with Crippen LogP contribution in [0.1, 0.15) is 5.56 Å². The highest BCUT2D eigenvalue weighted by Crippen LogP contribution is 2.21. The molecule has 0 aliphatic carbocycles. The van der Waals surface area contributed by atoms with Crippen molar-refractivity contribution >= 4 is 33.1 Å². The smallest absolute Gasteiger partial charge is 0.308 e. The van der Waals surface area contributed by atoms with Gasteiger partial charge in [0.15, 0.2) is 0 Å². The van der Waals surface area contributed by atoms with Crippen LogP contribution in [0.25, 0.3) is 0 Å². The first-order valence-electron chi connectivity index (χ1n) is 6.63. The van der Waals surface area contributed by atoms with E-state index >= 15 is 0 Å². The topological polar surface area (TPSA) is 144 Å². The van der Waals surface area contributed by atoms with Crippen molar-refractivity contribution in [1.82, 2.24) is 0 Å². The van der Waals surface area contributed by atoms with E-state index in [1.165, 1.54) is 42.5 Å². The number of aryl methyl sites for hydroxylation is 1. The molecule has 0 bridgehead atoms. The standard InChI is InChI=1S/C14H14N4O5S/c1-9-8-11(18(20)21)4-7-13(9)17-14(19)16-10-2-5-12(6-3-10)24(15,22)23/h2-8H,1H3,(H2,15,22,23)(H2,16,17,19). The van der Waals surface area contributed by atoms with Crippen LogP contribution in [0.3, 0.4) is 0 Å². The van der Waals surface area contributed by atoms with Gasteiger partial charge in [-0.05, 0) is 42.8 Å². The molecule has 0 heterocycles. The normalized spacial score (nSPS) is 10.9. The van der Waals surface area contributed by atoms with Gasteiger partial charge in [-0.25, -0.2) is 18.4 Å². The lowest BCUT2D eigenvalue weighted by Gasteiger charge is -2.10. The number of sulfonamides is 1. The summed E-state index contributed by atoms with van der Waals surface area (Å²) in [5.74, 6) is 0. The number of nitro benzene ring substituents is 1. The first kappa shape index (κ1) is 17.4. The molecule has 0 fully saturated rings. The Bertz CT molecular complexity index is 894. The number of carbonyl (C=O) groups excluding carboxylic acids is 1. The van der Waals surface area contributed by atoms with Crippen molar-refractivity contribution < 1.29 is 18.1 Å². The summed E-state index contributed by atoms with van der Waals surface area (Å²) in [6.45, 7) is 1.63. The molecule has 0 aliphatic rings. The average Bonchev–Trinajstić information content (AvgIpc) is 2.48. The van der Waals surface area contributed by atoms with E-state index in [1.54, 1.807) is 6.92 Å². The highest BCUT2D eigenvalue weighted by Gasteiger charge is 2.11. The minimum Gasteiger partial charge on any atom is -0.308 e. The quantitative estimate of drug-likeness (QED) is 0.572. The maximum Gasteiger partial charge on any atom is 0.323 e. The molecule has 4 N–H and O–H groups in total. The Labute approximate surface area is 137 Å². The molecule has 2 rings (SSSR count). The monoisotopic (exact) mass is 350 g/mol. The number of hydrogen-bond donors (Lipinski definition) is 3. The second-order valence-electron chi connectivity index (χ2n) is 4.90. The number of nitrogens with one attached hydrogen (secondary N) is 2. The van der Waals surface area contributed by atoms with Crippen LogP contribution in [0.4, 0.5) is 21.9 Å². The molecule has 2 aromatic rings. The van der Waals surface area contributed by atoms with Crippen molar-refractivity contribution in [3.8, 4) is 0 Å². The molecule has 0 aromatic heterocycles. The lowest BCUT2D eigenvalue weighted by molar-refractivity contribution is -0.384. The molecule has 10 heteroatoms. The highest BCUT2D eigenvalue weighted by atomic mass is 32.2. The van der Waals surface area contributed by atoms with Gasteiger partial charge in [0.05, 0.1) is 9.82 Å². The molecule has 0 unspecified atom stereocenters. The second kappa shape index (κ2) is 6.64. The predicted molar refractivity (Wildman–Crippen MR) is 88.3 cm³/mol. The highest BCUT2D eigenvalue weighted by molar-refractivity contribution is 7.89. The van der Waals surface area contributed by atoms with Gasteiger partial charge in [-0.2, -0.15) is 0 Å². The predicted octanol–water partition coefficient (Wildman–Crippen LogP) is 2.19. The van der Waals surface area contributed by atoms with Crippen molar-refractivity contribution in [3.63, 3.8) is 0 Å². The van der Waals surface area contributed by atoms with E-state index in [-0.39, 0.29) is 10.6 Å². The molecule has 2 amide bonds. The molecule has 126 valence electrons. The number of non-ortho nitro benzene ring substituents is 1. The van der Waals surface area contributed by atoms with Crippen LogP contribution in [0.5, 0.6) is 0 Å². The van der Waals surface area contributed by atoms with Crippen molar-refractivity contribution in [3.05, 3.63) is 58.1 Å². The number of hydrogen-bond acceptors (Lipinski definition) is 5. The van der Waals surface area contributed by atoms with Crippen LogP contribution >= 0.6 is 0 Å². The van der Waals surface area contributed by atoms with Gasteiger partial charge < -0.3 is 10.6 Å².